The van der Waals surface area contributed by atoms with Crippen LogP contribution >= 0.6 is 11.8 Å². The van der Waals surface area contributed by atoms with Crippen molar-refractivity contribution in [1.29, 1.82) is 0 Å². The number of carbonyl (C=O) groups is 1. The van der Waals surface area contributed by atoms with Crippen LogP contribution in [0.5, 0.6) is 0 Å². The van der Waals surface area contributed by atoms with E-state index in [-0.39, 0.29) is 22.7 Å². The number of nitrogens with two attached hydrogens (primary N) is 1. The van der Waals surface area contributed by atoms with Crippen LogP contribution < -0.4 is 10.5 Å². The summed E-state index contributed by atoms with van der Waals surface area (Å²) in [5.41, 5.74) is 5.45. The molecule has 6 nitrogen and oxygen atoms in total. The molecule has 0 saturated heterocycles. The monoisotopic (exact) mass is 318 g/mol. The molecule has 0 aromatic heterocycles. The fourth-order valence-electron chi connectivity index (χ4n) is 1.53. The summed E-state index contributed by atoms with van der Waals surface area (Å²) in [7, 11) is -3.88. The Morgan fingerprint density at radius 2 is 2.15 bits per heavy atom. The predicted molar refractivity (Wildman–Crippen MR) is 80.6 cm³/mol. The molecule has 0 heterocycles. The smallest absolute Gasteiger partial charge is 0.337 e. The van der Waals surface area contributed by atoms with Gasteiger partial charge in [0.2, 0.25) is 10.0 Å². The molecule has 1 aromatic rings. The van der Waals surface area contributed by atoms with Crippen molar-refractivity contribution >= 4 is 33.4 Å². The Hall–Kier alpha value is -1.25. The molecular weight excluding hydrogens is 300 g/mol. The molecule has 0 aliphatic rings. The zero-order valence-electron chi connectivity index (χ0n) is 11.3. The molecule has 0 fully saturated rings. The van der Waals surface area contributed by atoms with E-state index in [1.54, 1.807) is 11.8 Å². The molecule has 1 unspecified atom stereocenters. The van der Waals surface area contributed by atoms with E-state index in [2.05, 4.69) is 4.72 Å². The molecule has 0 aliphatic heterocycles. The van der Waals surface area contributed by atoms with Gasteiger partial charge in [-0.25, -0.2) is 17.9 Å². The number of carboxylic acid groups (broad SMARTS) is 1. The molecule has 0 aliphatic carbocycles. The first kappa shape index (κ1) is 16.8. The van der Waals surface area contributed by atoms with E-state index in [4.69, 9.17) is 10.8 Å². The number of rotatable bonds is 7. The second-order valence-corrected chi connectivity index (χ2v) is 7.31. The lowest BCUT2D eigenvalue weighted by atomic mass is 10.2. The molecule has 20 heavy (non-hydrogen) atoms. The minimum atomic E-state index is -3.88. The van der Waals surface area contributed by atoms with Crippen LogP contribution in [0.3, 0.4) is 0 Å². The fraction of sp³-hybridized carbons (Fsp3) is 0.417. The molecule has 112 valence electrons. The highest BCUT2D eigenvalue weighted by atomic mass is 32.2. The van der Waals surface area contributed by atoms with Crippen LogP contribution in [0.1, 0.15) is 23.7 Å². The normalized spacial score (nSPS) is 13.1. The number of hydrogen-bond donors (Lipinski definition) is 3. The molecule has 0 saturated carbocycles. The Balaban J connectivity index is 2.97. The number of hydrogen-bond acceptors (Lipinski definition) is 5. The Kier molecular flexibility index (Phi) is 5.85. The maximum Gasteiger partial charge on any atom is 0.337 e. The zero-order chi connectivity index (χ0) is 15.3. The molecule has 4 N–H and O–H groups in total. The third-order valence-corrected chi connectivity index (χ3v) is 5.31. The van der Waals surface area contributed by atoms with Crippen LogP contribution in [-0.2, 0) is 10.0 Å². The summed E-state index contributed by atoms with van der Waals surface area (Å²) >= 11 is 1.63. The van der Waals surface area contributed by atoms with Crippen molar-refractivity contribution in [2.24, 2.45) is 0 Å². The van der Waals surface area contributed by atoms with Crippen LogP contribution in [0.15, 0.2) is 23.1 Å². The first-order chi connectivity index (χ1) is 9.27. The van der Waals surface area contributed by atoms with Gasteiger partial charge in [0.25, 0.3) is 0 Å². The molecule has 0 spiro atoms. The van der Waals surface area contributed by atoms with Gasteiger partial charge in [-0.15, -0.1) is 0 Å². The van der Waals surface area contributed by atoms with Gasteiger partial charge in [-0.2, -0.15) is 11.8 Å². The second-order valence-electron chi connectivity index (χ2n) is 4.29. The largest absolute Gasteiger partial charge is 0.478 e. The summed E-state index contributed by atoms with van der Waals surface area (Å²) in [6.07, 6.45) is 2.60. The molecule has 0 amide bonds. The zero-order valence-corrected chi connectivity index (χ0v) is 12.9. The highest BCUT2D eigenvalue weighted by molar-refractivity contribution is 7.99. The second kappa shape index (κ2) is 6.96. The number of aromatic carboxylic acids is 1. The summed E-state index contributed by atoms with van der Waals surface area (Å²) in [5.74, 6) is -1.30. The first-order valence-electron chi connectivity index (χ1n) is 5.93. The van der Waals surface area contributed by atoms with Gasteiger partial charge in [0.05, 0.1) is 10.5 Å². The molecule has 1 aromatic carbocycles. The quantitative estimate of drug-likeness (QED) is 0.655. The lowest BCUT2D eigenvalue weighted by molar-refractivity contribution is 0.0692. The predicted octanol–water partition coefficient (Wildman–Crippen LogP) is 1.39. The van der Waals surface area contributed by atoms with Gasteiger partial charge in [0.15, 0.2) is 0 Å². The van der Waals surface area contributed by atoms with Gasteiger partial charge in [0, 0.05) is 17.5 Å². The minimum absolute atomic E-state index is 0.202. The summed E-state index contributed by atoms with van der Waals surface area (Å²) in [6, 6.07) is 3.71. The number of nitrogens with one attached hydrogen (secondary N) is 1. The van der Waals surface area contributed by atoms with Crippen LogP contribution in [0.25, 0.3) is 0 Å². The van der Waals surface area contributed by atoms with E-state index < -0.39 is 16.0 Å². The van der Waals surface area contributed by atoms with Gasteiger partial charge in [-0.05, 0) is 30.9 Å². The average Bonchev–Trinajstić information content (AvgIpc) is 2.37. The Bertz CT molecular complexity index is 587. The number of benzene rings is 1. The number of anilines is 1. The first-order valence-corrected chi connectivity index (χ1v) is 8.70. The van der Waals surface area contributed by atoms with E-state index in [9.17, 15) is 13.2 Å². The molecule has 0 bridgehead atoms. The van der Waals surface area contributed by atoms with Crippen molar-refractivity contribution in [1.82, 2.24) is 4.72 Å². The van der Waals surface area contributed by atoms with E-state index in [1.165, 1.54) is 12.1 Å². The Morgan fingerprint density at radius 1 is 1.50 bits per heavy atom. The maximum atomic E-state index is 12.1. The number of sulfonamides is 1. The number of carboxylic acids is 1. The van der Waals surface area contributed by atoms with E-state index >= 15 is 0 Å². The van der Waals surface area contributed by atoms with Crippen LogP contribution in [-0.4, -0.2) is 37.5 Å². The van der Waals surface area contributed by atoms with Crippen molar-refractivity contribution in [3.63, 3.8) is 0 Å². The van der Waals surface area contributed by atoms with E-state index in [1.807, 2.05) is 13.2 Å². The molecule has 1 atom stereocenters. The van der Waals surface area contributed by atoms with Crippen molar-refractivity contribution in [2.45, 2.75) is 23.5 Å². The van der Waals surface area contributed by atoms with E-state index in [0.717, 1.165) is 6.07 Å². The summed E-state index contributed by atoms with van der Waals surface area (Å²) in [4.78, 5) is 10.8. The van der Waals surface area contributed by atoms with Crippen LogP contribution in [0, 0.1) is 0 Å². The van der Waals surface area contributed by atoms with Gasteiger partial charge in [-0.1, -0.05) is 6.92 Å². The number of nitrogen functional groups attached to an aromatic ring is 1. The Morgan fingerprint density at radius 3 is 2.70 bits per heavy atom. The third kappa shape index (κ3) is 4.39. The van der Waals surface area contributed by atoms with E-state index in [0.29, 0.717) is 11.7 Å². The average molecular weight is 318 g/mol. The van der Waals surface area contributed by atoms with Crippen LogP contribution in [0.4, 0.5) is 5.69 Å². The van der Waals surface area contributed by atoms with Crippen LogP contribution in [0.2, 0.25) is 0 Å². The van der Waals surface area contributed by atoms with Crippen molar-refractivity contribution in [3.8, 4) is 0 Å². The lowest BCUT2D eigenvalue weighted by Crippen LogP contribution is -2.28. The molecular formula is C12H18N2O4S2. The minimum Gasteiger partial charge on any atom is -0.478 e. The van der Waals surface area contributed by atoms with Gasteiger partial charge < -0.3 is 10.8 Å². The number of thioether (sulfide) groups is 1. The third-order valence-electron chi connectivity index (χ3n) is 2.77. The molecule has 8 heteroatoms. The fourth-order valence-corrected chi connectivity index (χ4v) is 3.16. The van der Waals surface area contributed by atoms with Crippen molar-refractivity contribution in [3.05, 3.63) is 23.8 Å². The SMILES string of the molecule is CSC(C)CCNS(=O)(=O)c1cc(N)ccc1C(=O)O. The summed E-state index contributed by atoms with van der Waals surface area (Å²) < 4.78 is 26.7. The highest BCUT2D eigenvalue weighted by Crippen LogP contribution is 2.19. The van der Waals surface area contributed by atoms with Gasteiger partial charge in [0.1, 0.15) is 0 Å². The van der Waals surface area contributed by atoms with Crippen molar-refractivity contribution < 1.29 is 18.3 Å². The molecule has 1 rings (SSSR count). The topological polar surface area (TPSA) is 109 Å². The maximum absolute atomic E-state index is 12.1. The summed E-state index contributed by atoms with van der Waals surface area (Å²) in [5, 5.41) is 9.35. The summed E-state index contributed by atoms with van der Waals surface area (Å²) in [6.45, 7) is 2.24. The van der Waals surface area contributed by atoms with Gasteiger partial charge in [-0.3, -0.25) is 0 Å². The Labute approximate surface area is 122 Å². The van der Waals surface area contributed by atoms with Gasteiger partial charge >= 0.3 is 5.97 Å². The highest BCUT2D eigenvalue weighted by Gasteiger charge is 2.22. The standard InChI is InChI=1S/C12H18N2O4S2/c1-8(19-2)5-6-14-20(17,18)11-7-9(13)3-4-10(11)12(15)16/h3-4,7-8,14H,5-6,13H2,1-2H3,(H,15,16). The molecule has 0 radical (unpaired) electrons. The lowest BCUT2D eigenvalue weighted by Gasteiger charge is -2.12. The van der Waals surface area contributed by atoms with Crippen molar-refractivity contribution in [2.75, 3.05) is 18.5 Å².